The van der Waals surface area contributed by atoms with E-state index >= 15 is 0 Å². The fourth-order valence-electron chi connectivity index (χ4n) is 2.87. The van der Waals surface area contributed by atoms with Crippen LogP contribution in [0.5, 0.6) is 0 Å². The molecule has 0 aromatic heterocycles. The number of thiol groups is 5. The quantitative estimate of drug-likeness (QED) is 0.0487. The van der Waals surface area contributed by atoms with Crippen molar-refractivity contribution < 1.29 is 48.1 Å². The molecular weight excluding hydrogens is 846 g/mol. The van der Waals surface area contributed by atoms with Crippen molar-refractivity contribution in [3.8, 4) is 0 Å². The molecule has 0 saturated heterocycles. The molecule has 0 heterocycles. The Kier molecular flexibility index (Phi) is 33.0. The summed E-state index contributed by atoms with van der Waals surface area (Å²) in [6, 6.07) is 30.0. The highest BCUT2D eigenvalue weighted by molar-refractivity contribution is 7.81. The second-order valence-electron chi connectivity index (χ2n) is 8.87. The van der Waals surface area contributed by atoms with Crippen LogP contribution in [0.1, 0.15) is 0 Å². The first-order valence-corrected chi connectivity index (χ1v) is 15.4. The van der Waals surface area contributed by atoms with Gasteiger partial charge in [-0.1, -0.05) is 0 Å². The van der Waals surface area contributed by atoms with Gasteiger partial charge in [-0.3, -0.25) is 74.1 Å². The molecule has 5 aromatic rings. The molecular formula is C30H30F5N5O10S5. The van der Waals surface area contributed by atoms with Crippen molar-refractivity contribution in [2.75, 3.05) is 0 Å². The lowest BCUT2D eigenvalue weighted by Crippen LogP contribution is -1.85. The Morgan fingerprint density at radius 1 is 0.255 bits per heavy atom. The van der Waals surface area contributed by atoms with E-state index in [1.54, 1.807) is 60.7 Å². The van der Waals surface area contributed by atoms with Gasteiger partial charge in [0.25, 0.3) is 28.4 Å². The standard InChI is InChI=1S/5C6H5NO2S.5FH/c5*8-7(9)5-1-3-6(10)4-2-5;;;;;/h5*1-4,10H;5*1H. The molecule has 0 N–H and O–H groups in total. The van der Waals surface area contributed by atoms with Crippen LogP contribution in [0.4, 0.5) is 52.0 Å². The first-order valence-electron chi connectivity index (χ1n) is 13.2. The molecule has 5 rings (SSSR count). The van der Waals surface area contributed by atoms with E-state index in [2.05, 4.69) is 63.1 Å². The van der Waals surface area contributed by atoms with Gasteiger partial charge in [-0.25, -0.2) is 0 Å². The number of halogens is 5. The van der Waals surface area contributed by atoms with Crippen LogP contribution >= 0.6 is 63.1 Å². The molecule has 0 spiro atoms. The third kappa shape index (κ3) is 25.2. The van der Waals surface area contributed by atoms with Crippen LogP contribution in [0, 0.1) is 50.6 Å². The largest absolute Gasteiger partial charge is 0.269 e. The second kappa shape index (κ2) is 30.9. The molecule has 25 heteroatoms. The molecule has 0 radical (unpaired) electrons. The van der Waals surface area contributed by atoms with Gasteiger partial charge in [-0.2, -0.15) is 0 Å². The number of hydrogen-bond donors (Lipinski definition) is 5. The van der Waals surface area contributed by atoms with Crippen molar-refractivity contribution in [3.05, 3.63) is 172 Å². The number of rotatable bonds is 5. The van der Waals surface area contributed by atoms with Crippen molar-refractivity contribution in [3.63, 3.8) is 0 Å². The van der Waals surface area contributed by atoms with Crippen LogP contribution in [0.2, 0.25) is 0 Å². The fourth-order valence-corrected chi connectivity index (χ4v) is 3.62. The van der Waals surface area contributed by atoms with E-state index < -0.39 is 24.6 Å². The van der Waals surface area contributed by atoms with Crippen molar-refractivity contribution in [2.24, 2.45) is 0 Å². The van der Waals surface area contributed by atoms with E-state index in [0.717, 1.165) is 24.5 Å². The number of hydrogen-bond acceptors (Lipinski definition) is 15. The van der Waals surface area contributed by atoms with Crippen LogP contribution in [0.3, 0.4) is 0 Å². The summed E-state index contributed by atoms with van der Waals surface area (Å²) in [6.07, 6.45) is 0. The molecule has 0 aliphatic carbocycles. The molecule has 300 valence electrons. The number of nitro groups is 5. The van der Waals surface area contributed by atoms with Crippen LogP contribution in [0.15, 0.2) is 146 Å². The van der Waals surface area contributed by atoms with Crippen molar-refractivity contribution >= 4 is 91.6 Å². The van der Waals surface area contributed by atoms with Crippen molar-refractivity contribution in [1.29, 1.82) is 0 Å². The summed E-state index contributed by atoms with van der Waals surface area (Å²) in [5.74, 6) is 0. The Bertz CT molecular complexity index is 1570. The Balaban J connectivity index is -0.000000185. The van der Waals surface area contributed by atoms with Gasteiger partial charge in [-0.05, 0) is 60.7 Å². The summed E-state index contributed by atoms with van der Waals surface area (Å²) in [5, 5.41) is 50.5. The van der Waals surface area contributed by atoms with Crippen LogP contribution in [-0.2, 0) is 0 Å². The summed E-state index contributed by atoms with van der Waals surface area (Å²) < 4.78 is 0. The summed E-state index contributed by atoms with van der Waals surface area (Å²) in [5.41, 5.74) is 0.476. The van der Waals surface area contributed by atoms with Gasteiger partial charge in [0.1, 0.15) is 0 Å². The fraction of sp³-hybridized carbons (Fsp3) is 0. The molecule has 15 nitrogen and oxygen atoms in total. The molecule has 0 amide bonds. The SMILES string of the molecule is F.F.F.F.F.O=[N+]([O-])c1ccc(S)cc1.O=[N+]([O-])c1ccc(S)cc1.O=[N+]([O-])c1ccc(S)cc1.O=[N+]([O-])c1ccc(S)cc1.O=[N+]([O-])c1ccc(S)cc1. The third-order valence-corrected chi connectivity index (χ3v) is 6.79. The maximum absolute atomic E-state index is 10.1. The van der Waals surface area contributed by atoms with Crippen molar-refractivity contribution in [2.45, 2.75) is 24.5 Å². The first-order chi connectivity index (χ1) is 23.5. The molecule has 0 fully saturated rings. The zero-order valence-corrected chi connectivity index (χ0v) is 31.6. The van der Waals surface area contributed by atoms with Crippen LogP contribution in [-0.4, -0.2) is 24.6 Å². The number of nitro benzene ring substituents is 5. The zero-order valence-electron chi connectivity index (χ0n) is 27.1. The maximum Gasteiger partial charge on any atom is 0.269 e. The molecule has 5 aromatic carbocycles. The average molecular weight is 876 g/mol. The number of benzene rings is 5. The number of nitrogens with zero attached hydrogens (tertiary/aromatic N) is 5. The second-order valence-corrected chi connectivity index (χ2v) is 11.4. The van der Waals surface area contributed by atoms with E-state index in [-0.39, 0.29) is 52.0 Å². The average Bonchev–Trinajstić information content (AvgIpc) is 3.07. The highest BCUT2D eigenvalue weighted by Gasteiger charge is 2.04. The molecule has 0 aliphatic heterocycles. The van der Waals surface area contributed by atoms with E-state index in [4.69, 9.17) is 0 Å². The van der Waals surface area contributed by atoms with E-state index in [9.17, 15) is 50.6 Å². The highest BCUT2D eigenvalue weighted by atomic mass is 32.1. The lowest BCUT2D eigenvalue weighted by Gasteiger charge is -1.89. The minimum atomic E-state index is -0.437. The minimum Gasteiger partial charge on any atom is -0.269 e. The minimum absolute atomic E-state index is 0. The molecule has 0 aliphatic rings. The Labute approximate surface area is 334 Å². The maximum atomic E-state index is 10.1. The summed E-state index contributed by atoms with van der Waals surface area (Å²) >= 11 is 19.9. The molecule has 0 bridgehead atoms. The monoisotopic (exact) mass is 875 g/mol. The summed E-state index contributed by atoms with van der Waals surface area (Å²) in [4.78, 5) is 51.9. The van der Waals surface area contributed by atoms with Gasteiger partial charge in [0.05, 0.1) is 24.6 Å². The molecule has 55 heavy (non-hydrogen) atoms. The number of non-ortho nitro benzene ring substituents is 5. The molecule has 0 unspecified atom stereocenters. The summed E-state index contributed by atoms with van der Waals surface area (Å²) in [7, 11) is 0. The topological polar surface area (TPSA) is 216 Å². The van der Waals surface area contributed by atoms with Crippen LogP contribution < -0.4 is 0 Å². The van der Waals surface area contributed by atoms with E-state index in [0.29, 0.717) is 0 Å². The first kappa shape index (κ1) is 58.8. The van der Waals surface area contributed by atoms with Crippen molar-refractivity contribution in [1.82, 2.24) is 0 Å². The zero-order chi connectivity index (χ0) is 37.8. The van der Waals surface area contributed by atoms with E-state index in [1.807, 2.05) is 0 Å². The Hall–Kier alpha value is -5.50. The van der Waals surface area contributed by atoms with Crippen LogP contribution in [0.25, 0.3) is 0 Å². The van der Waals surface area contributed by atoms with Gasteiger partial charge < -0.3 is 0 Å². The van der Waals surface area contributed by atoms with E-state index in [1.165, 1.54) is 60.7 Å². The predicted octanol–water partition coefficient (Wildman–Crippen LogP) is 10.2. The van der Waals surface area contributed by atoms with Gasteiger partial charge in [-0.15, -0.1) is 63.1 Å². The molecule has 0 atom stereocenters. The predicted molar refractivity (Wildman–Crippen MR) is 214 cm³/mol. The highest BCUT2D eigenvalue weighted by Crippen LogP contribution is 2.16. The Morgan fingerprint density at radius 2 is 0.345 bits per heavy atom. The molecule has 0 saturated carbocycles. The lowest BCUT2D eigenvalue weighted by atomic mass is 10.3. The smallest absolute Gasteiger partial charge is 0.269 e. The normalized spacial score (nSPS) is 8.45. The van der Waals surface area contributed by atoms with Gasteiger partial charge in [0.2, 0.25) is 0 Å². The Morgan fingerprint density at radius 3 is 0.418 bits per heavy atom. The van der Waals surface area contributed by atoms with Gasteiger partial charge in [0.15, 0.2) is 0 Å². The summed E-state index contributed by atoms with van der Waals surface area (Å²) in [6.45, 7) is 0. The lowest BCUT2D eigenvalue weighted by molar-refractivity contribution is -0.385. The van der Waals surface area contributed by atoms with Gasteiger partial charge in [0, 0.05) is 85.1 Å². The third-order valence-electron chi connectivity index (χ3n) is 5.30. The van der Waals surface area contributed by atoms with Gasteiger partial charge >= 0.3 is 0 Å².